The molecule has 0 saturated carbocycles. The number of benzene rings is 2. The maximum atomic E-state index is 10.6. The molecule has 50 heavy (non-hydrogen) atoms. The van der Waals surface area contributed by atoms with Crippen LogP contribution in [-0.4, -0.2) is 145 Å². The summed E-state index contributed by atoms with van der Waals surface area (Å²) in [5.41, 5.74) is 1.89. The van der Waals surface area contributed by atoms with Crippen molar-refractivity contribution in [2.24, 2.45) is 0 Å². The van der Waals surface area contributed by atoms with Crippen molar-refractivity contribution in [3.8, 4) is 23.0 Å². The molecule has 0 spiro atoms. The smallest absolute Gasteiger partial charge is 0.186 e. The Bertz CT molecular complexity index is 1270. The zero-order valence-electron chi connectivity index (χ0n) is 28.7. The minimum atomic E-state index is -1.50. The highest BCUT2D eigenvalue weighted by molar-refractivity contribution is 5.40. The van der Waals surface area contributed by atoms with Crippen LogP contribution >= 0.6 is 0 Å². The van der Waals surface area contributed by atoms with E-state index in [0.29, 0.717) is 48.7 Å². The van der Waals surface area contributed by atoms with E-state index in [4.69, 9.17) is 37.9 Å². The number of unbranched alkanes of at least 4 members (excludes halogenated alkanes) is 2. The van der Waals surface area contributed by atoms with Gasteiger partial charge < -0.3 is 73.6 Å². The molecule has 7 N–H and O–H groups in total. The van der Waals surface area contributed by atoms with Gasteiger partial charge in [0.1, 0.15) is 78.4 Å². The summed E-state index contributed by atoms with van der Waals surface area (Å²) in [6, 6.07) is 10.9. The van der Waals surface area contributed by atoms with Gasteiger partial charge >= 0.3 is 0 Å². The summed E-state index contributed by atoms with van der Waals surface area (Å²) in [4.78, 5) is 0. The van der Waals surface area contributed by atoms with Gasteiger partial charge in [0.15, 0.2) is 12.6 Å². The van der Waals surface area contributed by atoms with Gasteiger partial charge in [-0.25, -0.2) is 0 Å². The van der Waals surface area contributed by atoms with E-state index in [1.165, 1.54) is 0 Å². The Hall–Kier alpha value is -2.80. The Kier molecular flexibility index (Phi) is 15.8. The van der Waals surface area contributed by atoms with Gasteiger partial charge in [0, 0.05) is 19.3 Å². The number of rotatable bonds is 19. The molecule has 282 valence electrons. The molecule has 10 atom stereocenters. The summed E-state index contributed by atoms with van der Waals surface area (Å²) in [5.74, 6) is 2.53. The maximum absolute atomic E-state index is 10.6. The Morgan fingerprint density at radius 2 is 1.14 bits per heavy atom. The number of hydrogen-bond donors (Lipinski definition) is 7. The van der Waals surface area contributed by atoms with Gasteiger partial charge in [0.25, 0.3) is 0 Å². The van der Waals surface area contributed by atoms with Crippen LogP contribution < -0.4 is 18.9 Å². The summed E-state index contributed by atoms with van der Waals surface area (Å²) >= 11 is 0. The predicted octanol–water partition coefficient (Wildman–Crippen LogP) is 0.0775. The van der Waals surface area contributed by atoms with Crippen molar-refractivity contribution in [3.05, 3.63) is 47.5 Å². The highest BCUT2D eigenvalue weighted by Gasteiger charge is 2.45. The van der Waals surface area contributed by atoms with Crippen LogP contribution in [-0.2, 0) is 31.8 Å². The molecule has 0 aromatic heterocycles. The highest BCUT2D eigenvalue weighted by atomic mass is 16.7. The third-order valence-corrected chi connectivity index (χ3v) is 8.86. The summed E-state index contributed by atoms with van der Waals surface area (Å²) < 4.78 is 44.6. The first-order valence-electron chi connectivity index (χ1n) is 16.8. The molecule has 10 unspecified atom stereocenters. The van der Waals surface area contributed by atoms with E-state index in [9.17, 15) is 35.7 Å². The van der Waals surface area contributed by atoms with Crippen LogP contribution in [0.1, 0.15) is 36.8 Å². The Morgan fingerprint density at radius 3 is 1.70 bits per heavy atom. The van der Waals surface area contributed by atoms with Crippen molar-refractivity contribution < 1.29 is 73.6 Å². The molecule has 2 aromatic rings. The molecule has 0 amide bonds. The van der Waals surface area contributed by atoms with Crippen molar-refractivity contribution in [2.75, 3.05) is 47.8 Å². The van der Waals surface area contributed by atoms with Gasteiger partial charge in [-0.15, -0.1) is 0 Å². The van der Waals surface area contributed by atoms with Crippen molar-refractivity contribution in [3.63, 3.8) is 0 Å². The molecule has 2 saturated heterocycles. The van der Waals surface area contributed by atoms with Crippen molar-refractivity contribution in [1.82, 2.24) is 0 Å². The van der Waals surface area contributed by atoms with Crippen LogP contribution in [0.15, 0.2) is 36.4 Å². The molecule has 2 aliphatic rings. The van der Waals surface area contributed by atoms with Gasteiger partial charge in [-0.05, 0) is 80.0 Å². The average molecular weight is 713 g/mol. The first-order chi connectivity index (χ1) is 24.1. The van der Waals surface area contributed by atoms with E-state index in [-0.39, 0.29) is 19.8 Å². The van der Waals surface area contributed by atoms with Gasteiger partial charge in [0.05, 0.1) is 27.9 Å². The lowest BCUT2D eigenvalue weighted by atomic mass is 9.99. The second-order valence-electron chi connectivity index (χ2n) is 12.4. The first-order valence-corrected chi connectivity index (χ1v) is 16.8. The molecule has 2 heterocycles. The van der Waals surface area contributed by atoms with E-state index in [1.807, 2.05) is 12.1 Å². The molecule has 0 bridgehead atoms. The second-order valence-corrected chi connectivity index (χ2v) is 12.4. The zero-order chi connectivity index (χ0) is 36.2. The number of aliphatic hydroxyl groups is 7. The van der Waals surface area contributed by atoms with E-state index < -0.39 is 68.0 Å². The number of methoxy groups -OCH3 is 3. The summed E-state index contributed by atoms with van der Waals surface area (Å²) in [7, 11) is 4.75. The molecular formula is C35H52O15. The number of ether oxygens (including phenoxy) is 8. The molecule has 15 heteroatoms. The Labute approximate surface area is 291 Å². The van der Waals surface area contributed by atoms with Crippen LogP contribution in [0, 0.1) is 0 Å². The quantitative estimate of drug-likeness (QED) is 0.0961. The van der Waals surface area contributed by atoms with E-state index >= 15 is 0 Å². The topological polar surface area (TPSA) is 215 Å². The molecule has 2 aromatic carbocycles. The number of hydrogen-bond acceptors (Lipinski definition) is 15. The molecule has 2 aliphatic heterocycles. The standard InChI is InChI=1S/C35H52O15/c1-43-23-14-20(15-24(17-23)44-2)8-4-6-12-47-35-33(42)31(40)29(38)27(50-35)19-48-22-10-11-25(45-3)21(16-22)9-5-7-13-46-34-32(41)30(39)28(37)26(18-36)49-34/h10-11,14-17,26-42H,4-9,12-13,18-19H2,1-3H3. The third kappa shape index (κ3) is 10.6. The third-order valence-electron chi connectivity index (χ3n) is 8.86. The van der Waals surface area contributed by atoms with E-state index in [2.05, 4.69) is 0 Å². The van der Waals surface area contributed by atoms with Gasteiger partial charge in [-0.1, -0.05) is 0 Å². The molecule has 4 rings (SSSR count). The van der Waals surface area contributed by atoms with Gasteiger partial charge in [-0.3, -0.25) is 0 Å². The minimum absolute atomic E-state index is 0.124. The van der Waals surface area contributed by atoms with Crippen LogP contribution in [0.25, 0.3) is 0 Å². The number of aryl methyl sites for hydroxylation is 2. The van der Waals surface area contributed by atoms with E-state index in [0.717, 1.165) is 24.0 Å². The summed E-state index contributed by atoms with van der Waals surface area (Å²) in [5, 5.41) is 71.0. The minimum Gasteiger partial charge on any atom is -0.497 e. The van der Waals surface area contributed by atoms with E-state index in [1.54, 1.807) is 45.6 Å². The fourth-order valence-corrected chi connectivity index (χ4v) is 5.87. The molecule has 0 radical (unpaired) electrons. The van der Waals surface area contributed by atoms with Gasteiger partial charge in [0.2, 0.25) is 0 Å². The van der Waals surface area contributed by atoms with Crippen molar-refractivity contribution in [1.29, 1.82) is 0 Å². The summed E-state index contributed by atoms with van der Waals surface area (Å²) in [6.07, 6.45) is -9.15. The predicted molar refractivity (Wildman–Crippen MR) is 176 cm³/mol. The zero-order valence-corrected chi connectivity index (χ0v) is 28.7. The average Bonchev–Trinajstić information content (AvgIpc) is 3.13. The van der Waals surface area contributed by atoms with Crippen molar-refractivity contribution >= 4 is 0 Å². The lowest BCUT2D eigenvalue weighted by Gasteiger charge is -2.40. The fourth-order valence-electron chi connectivity index (χ4n) is 5.87. The molecular weight excluding hydrogens is 660 g/mol. The molecule has 0 aliphatic carbocycles. The maximum Gasteiger partial charge on any atom is 0.186 e. The largest absolute Gasteiger partial charge is 0.497 e. The first kappa shape index (κ1) is 40.0. The number of aliphatic hydroxyl groups excluding tert-OH is 7. The van der Waals surface area contributed by atoms with Crippen LogP contribution in [0.2, 0.25) is 0 Å². The van der Waals surface area contributed by atoms with Crippen LogP contribution in [0.3, 0.4) is 0 Å². The monoisotopic (exact) mass is 712 g/mol. The molecule has 2 fully saturated rings. The van der Waals surface area contributed by atoms with Gasteiger partial charge in [-0.2, -0.15) is 0 Å². The highest BCUT2D eigenvalue weighted by Crippen LogP contribution is 2.29. The fraction of sp³-hybridized carbons (Fsp3) is 0.657. The summed E-state index contributed by atoms with van der Waals surface area (Å²) in [6.45, 7) is -0.210. The molecule has 15 nitrogen and oxygen atoms in total. The normalized spacial score (nSPS) is 29.8. The second kappa shape index (κ2) is 19.7. The SMILES string of the molecule is COc1cc(CCCCOC2OC(COc3ccc(OC)c(CCCCOC4OC(CO)C(O)C(O)C4O)c3)C(O)C(O)C2O)cc(OC)c1. The Balaban J connectivity index is 1.22. The van der Waals surface area contributed by atoms with Crippen LogP contribution in [0.5, 0.6) is 23.0 Å². The lowest BCUT2D eigenvalue weighted by molar-refractivity contribution is -0.301. The van der Waals surface area contributed by atoms with Crippen LogP contribution in [0.4, 0.5) is 0 Å². The van der Waals surface area contributed by atoms with Crippen molar-refractivity contribution in [2.45, 2.75) is 99.9 Å². The lowest BCUT2D eigenvalue weighted by Crippen LogP contribution is -2.59. The Morgan fingerprint density at radius 1 is 0.580 bits per heavy atom.